The summed E-state index contributed by atoms with van der Waals surface area (Å²) >= 11 is 13.0. The van der Waals surface area contributed by atoms with E-state index in [4.69, 9.17) is 23.2 Å². The van der Waals surface area contributed by atoms with E-state index in [1.807, 2.05) is 6.07 Å². The lowest BCUT2D eigenvalue weighted by molar-refractivity contribution is 1.07. The first-order chi connectivity index (χ1) is 8.72. The van der Waals surface area contributed by atoms with Crippen molar-refractivity contribution in [3.05, 3.63) is 35.0 Å². The first kappa shape index (κ1) is 11.7. The van der Waals surface area contributed by atoms with Crippen LogP contribution in [0.2, 0.25) is 10.3 Å². The fourth-order valence-corrected chi connectivity index (χ4v) is 2.53. The summed E-state index contributed by atoms with van der Waals surface area (Å²) in [5.74, 6) is 0. The van der Waals surface area contributed by atoms with Gasteiger partial charge in [-0.2, -0.15) is 4.98 Å². The summed E-state index contributed by atoms with van der Waals surface area (Å²) in [7, 11) is 0. The lowest BCUT2D eigenvalue weighted by Gasteiger charge is -2.01. The summed E-state index contributed by atoms with van der Waals surface area (Å²) in [6.45, 7) is 0. The molecule has 0 unspecified atom stereocenters. The Morgan fingerprint density at radius 1 is 1.11 bits per heavy atom. The molecule has 0 radical (unpaired) electrons. The molecular formula is C10H5Cl2N5S. The van der Waals surface area contributed by atoms with E-state index < -0.39 is 0 Å². The summed E-state index contributed by atoms with van der Waals surface area (Å²) in [5, 5.41) is 2.19. The Hall–Kier alpha value is -1.37. The summed E-state index contributed by atoms with van der Waals surface area (Å²) in [6.07, 6.45) is 3.13. The van der Waals surface area contributed by atoms with Gasteiger partial charge < -0.3 is 4.98 Å². The molecule has 0 saturated carbocycles. The first-order valence-corrected chi connectivity index (χ1v) is 6.45. The number of pyridine rings is 1. The number of rotatable bonds is 2. The van der Waals surface area contributed by atoms with Crippen molar-refractivity contribution < 1.29 is 0 Å². The fraction of sp³-hybridized carbons (Fsp3) is 0. The van der Waals surface area contributed by atoms with E-state index in [0.29, 0.717) is 15.7 Å². The number of aromatic amines is 1. The Morgan fingerprint density at radius 2 is 2.00 bits per heavy atom. The third-order valence-electron chi connectivity index (χ3n) is 2.13. The average molecular weight is 298 g/mol. The van der Waals surface area contributed by atoms with E-state index in [0.717, 1.165) is 10.5 Å². The van der Waals surface area contributed by atoms with E-state index in [-0.39, 0.29) is 5.28 Å². The van der Waals surface area contributed by atoms with Crippen molar-refractivity contribution in [1.82, 2.24) is 24.9 Å². The third-order valence-corrected chi connectivity index (χ3v) is 3.46. The van der Waals surface area contributed by atoms with Gasteiger partial charge in [-0.25, -0.2) is 15.0 Å². The first-order valence-electron chi connectivity index (χ1n) is 4.88. The van der Waals surface area contributed by atoms with Crippen molar-refractivity contribution in [3.8, 4) is 0 Å². The van der Waals surface area contributed by atoms with Crippen LogP contribution >= 0.6 is 35.0 Å². The molecule has 0 fully saturated rings. The van der Waals surface area contributed by atoms with Gasteiger partial charge in [0.2, 0.25) is 5.28 Å². The summed E-state index contributed by atoms with van der Waals surface area (Å²) < 4.78 is 0. The summed E-state index contributed by atoms with van der Waals surface area (Å²) in [5.41, 5.74) is 1.27. The molecule has 3 rings (SSSR count). The predicted molar refractivity (Wildman–Crippen MR) is 70.1 cm³/mol. The minimum atomic E-state index is 0.158. The molecule has 3 aromatic rings. The minimum absolute atomic E-state index is 0.158. The Balaban J connectivity index is 2.03. The molecule has 0 atom stereocenters. The average Bonchev–Trinajstić information content (AvgIpc) is 2.80. The number of nitrogens with zero attached hydrogens (tertiary/aromatic N) is 4. The molecule has 0 spiro atoms. The number of imidazole rings is 1. The van der Waals surface area contributed by atoms with Gasteiger partial charge in [0.05, 0.1) is 11.3 Å². The molecule has 0 amide bonds. The molecule has 3 aromatic heterocycles. The van der Waals surface area contributed by atoms with Crippen molar-refractivity contribution >= 4 is 46.1 Å². The number of nitrogens with one attached hydrogen (secondary N) is 1. The minimum Gasteiger partial charge on any atom is -0.341 e. The molecule has 18 heavy (non-hydrogen) atoms. The van der Waals surface area contributed by atoms with Gasteiger partial charge in [-0.1, -0.05) is 11.6 Å². The molecule has 0 saturated heterocycles. The van der Waals surface area contributed by atoms with E-state index in [9.17, 15) is 0 Å². The third kappa shape index (κ3) is 2.27. The molecule has 0 bridgehead atoms. The quantitative estimate of drug-likeness (QED) is 0.581. The van der Waals surface area contributed by atoms with Crippen LogP contribution in [-0.2, 0) is 0 Å². The maximum atomic E-state index is 5.84. The van der Waals surface area contributed by atoms with Crippen LogP contribution < -0.4 is 0 Å². The van der Waals surface area contributed by atoms with Gasteiger partial charge in [0.15, 0.2) is 5.65 Å². The molecule has 0 aliphatic heterocycles. The van der Waals surface area contributed by atoms with Gasteiger partial charge in [-0.3, -0.25) is 0 Å². The Morgan fingerprint density at radius 3 is 2.78 bits per heavy atom. The van der Waals surface area contributed by atoms with E-state index in [1.54, 1.807) is 18.6 Å². The monoisotopic (exact) mass is 297 g/mol. The van der Waals surface area contributed by atoms with Crippen molar-refractivity contribution in [2.45, 2.75) is 10.1 Å². The summed E-state index contributed by atoms with van der Waals surface area (Å²) in [6, 6.07) is 3.58. The molecule has 0 aromatic carbocycles. The van der Waals surface area contributed by atoms with Crippen LogP contribution in [0.3, 0.4) is 0 Å². The second-order valence-electron chi connectivity index (χ2n) is 3.32. The van der Waals surface area contributed by atoms with Gasteiger partial charge in [-0.05, 0) is 35.5 Å². The largest absolute Gasteiger partial charge is 0.341 e. The number of fused-ring (bicyclic) bond motifs is 1. The zero-order valence-electron chi connectivity index (χ0n) is 8.76. The van der Waals surface area contributed by atoms with Crippen molar-refractivity contribution in [3.63, 3.8) is 0 Å². The normalized spacial score (nSPS) is 11.0. The SMILES string of the molecule is Clc1ccc(Sc2nc(Cl)nc3nc[nH]c23)nc1. The molecule has 3 heterocycles. The van der Waals surface area contributed by atoms with E-state index in [2.05, 4.69) is 24.9 Å². The number of hydrogen-bond donors (Lipinski definition) is 1. The van der Waals surface area contributed by atoms with Crippen LogP contribution in [0.5, 0.6) is 0 Å². The smallest absolute Gasteiger partial charge is 0.225 e. The van der Waals surface area contributed by atoms with E-state index in [1.165, 1.54) is 11.8 Å². The predicted octanol–water partition coefficient (Wildman–Crippen LogP) is 3.21. The number of aromatic nitrogens is 5. The van der Waals surface area contributed by atoms with Crippen molar-refractivity contribution in [2.75, 3.05) is 0 Å². The molecule has 5 nitrogen and oxygen atoms in total. The fourth-order valence-electron chi connectivity index (χ4n) is 1.38. The molecule has 0 aliphatic carbocycles. The highest BCUT2D eigenvalue weighted by Crippen LogP contribution is 2.29. The van der Waals surface area contributed by atoms with Crippen LogP contribution in [0.25, 0.3) is 11.2 Å². The van der Waals surface area contributed by atoms with Gasteiger partial charge in [0, 0.05) is 6.20 Å². The van der Waals surface area contributed by atoms with Crippen LogP contribution in [0.1, 0.15) is 0 Å². The molecule has 1 N–H and O–H groups in total. The van der Waals surface area contributed by atoms with Gasteiger partial charge in [0.1, 0.15) is 15.6 Å². The second kappa shape index (κ2) is 4.72. The molecule has 8 heteroatoms. The second-order valence-corrected chi connectivity index (χ2v) is 5.10. The Kier molecular flexibility index (Phi) is 3.07. The van der Waals surface area contributed by atoms with E-state index >= 15 is 0 Å². The topological polar surface area (TPSA) is 67.3 Å². The lowest BCUT2D eigenvalue weighted by Crippen LogP contribution is -1.89. The molecule has 90 valence electrons. The Bertz CT molecular complexity index is 697. The number of H-pyrrole nitrogens is 1. The number of halogens is 2. The zero-order valence-corrected chi connectivity index (χ0v) is 11.1. The van der Waals surface area contributed by atoms with Crippen LogP contribution in [0, 0.1) is 0 Å². The lowest BCUT2D eigenvalue weighted by atomic mass is 10.5. The maximum absolute atomic E-state index is 5.84. The highest BCUT2D eigenvalue weighted by Gasteiger charge is 2.10. The highest BCUT2D eigenvalue weighted by molar-refractivity contribution is 7.99. The van der Waals surface area contributed by atoms with Crippen LogP contribution in [0.4, 0.5) is 0 Å². The van der Waals surface area contributed by atoms with Crippen molar-refractivity contribution in [1.29, 1.82) is 0 Å². The van der Waals surface area contributed by atoms with Crippen LogP contribution in [-0.4, -0.2) is 24.9 Å². The highest BCUT2D eigenvalue weighted by atomic mass is 35.5. The zero-order chi connectivity index (χ0) is 12.5. The van der Waals surface area contributed by atoms with Gasteiger partial charge in [0.25, 0.3) is 0 Å². The van der Waals surface area contributed by atoms with Crippen molar-refractivity contribution in [2.24, 2.45) is 0 Å². The van der Waals surface area contributed by atoms with Crippen LogP contribution in [0.15, 0.2) is 34.7 Å². The molecule has 0 aliphatic rings. The van der Waals surface area contributed by atoms with Gasteiger partial charge in [-0.15, -0.1) is 0 Å². The maximum Gasteiger partial charge on any atom is 0.225 e. The van der Waals surface area contributed by atoms with Gasteiger partial charge >= 0.3 is 0 Å². The standard InChI is InChI=1S/C10H5Cl2N5S/c11-5-1-2-6(13-3-5)18-9-7-8(15-4-14-7)16-10(12)17-9/h1-4H,(H,14,15,16,17). The molecular weight excluding hydrogens is 293 g/mol. The Labute approximate surface area is 116 Å². The summed E-state index contributed by atoms with van der Waals surface area (Å²) in [4.78, 5) is 19.4. The number of hydrogen-bond acceptors (Lipinski definition) is 5.